The molecule has 0 saturated carbocycles. The number of rotatable bonds is 6. The average molecular weight is 458 g/mol. The van der Waals surface area contributed by atoms with Gasteiger partial charge in [0.05, 0.1) is 29.8 Å². The molecule has 2 aromatic heterocycles. The normalized spacial score (nSPS) is 18.6. The standard InChI is InChI=1S/C26H31N7O/c1-3-4-21-17-33-23(25(30-24(33)16-29-21)20-7-5-19(2)6-8-20)18-31-11-13-32(14-12-31)26(34)22-15-27-9-10-28-22/h5-10,16-17,22H,3-4,11-15,18H2,1-2H3. The number of aliphatic imine (C=N–C) groups is 2. The van der Waals surface area contributed by atoms with Gasteiger partial charge in [-0.2, -0.15) is 0 Å². The van der Waals surface area contributed by atoms with Crippen molar-refractivity contribution < 1.29 is 4.79 Å². The van der Waals surface area contributed by atoms with Gasteiger partial charge in [0.15, 0.2) is 5.65 Å². The van der Waals surface area contributed by atoms with Crippen molar-refractivity contribution in [1.82, 2.24) is 24.2 Å². The van der Waals surface area contributed by atoms with Gasteiger partial charge < -0.3 is 4.90 Å². The number of imidazole rings is 1. The van der Waals surface area contributed by atoms with Crippen LogP contribution in [0.3, 0.4) is 0 Å². The predicted octanol–water partition coefficient (Wildman–Crippen LogP) is 2.83. The first kappa shape index (κ1) is 22.4. The minimum atomic E-state index is -0.368. The lowest BCUT2D eigenvalue weighted by molar-refractivity contribution is -0.134. The van der Waals surface area contributed by atoms with E-state index in [4.69, 9.17) is 4.98 Å². The third-order valence-electron chi connectivity index (χ3n) is 6.55. The molecule has 5 rings (SSSR count). The van der Waals surface area contributed by atoms with Crippen molar-refractivity contribution in [3.05, 3.63) is 53.6 Å². The van der Waals surface area contributed by atoms with E-state index in [0.717, 1.165) is 55.1 Å². The molecule has 3 aromatic rings. The largest absolute Gasteiger partial charge is 0.338 e. The molecule has 2 aliphatic heterocycles. The molecule has 1 unspecified atom stereocenters. The lowest BCUT2D eigenvalue weighted by Crippen LogP contribution is -2.51. The van der Waals surface area contributed by atoms with Crippen LogP contribution in [-0.2, 0) is 17.8 Å². The summed E-state index contributed by atoms with van der Waals surface area (Å²) < 4.78 is 2.21. The molecule has 34 heavy (non-hydrogen) atoms. The molecule has 1 fully saturated rings. The number of hydrogen-bond donors (Lipinski definition) is 0. The molecule has 4 heterocycles. The second-order valence-corrected chi connectivity index (χ2v) is 9.06. The number of carbonyl (C=O) groups excluding carboxylic acids is 1. The van der Waals surface area contributed by atoms with E-state index in [1.165, 1.54) is 11.3 Å². The van der Waals surface area contributed by atoms with E-state index in [1.807, 2.05) is 11.1 Å². The summed E-state index contributed by atoms with van der Waals surface area (Å²) >= 11 is 0. The van der Waals surface area contributed by atoms with Crippen LogP contribution in [0.2, 0.25) is 0 Å². The maximum atomic E-state index is 12.8. The first-order valence-electron chi connectivity index (χ1n) is 12.1. The zero-order valence-electron chi connectivity index (χ0n) is 19.9. The van der Waals surface area contributed by atoms with Gasteiger partial charge in [-0.25, -0.2) is 4.98 Å². The third-order valence-corrected chi connectivity index (χ3v) is 6.55. The van der Waals surface area contributed by atoms with Crippen LogP contribution in [0, 0.1) is 6.92 Å². The van der Waals surface area contributed by atoms with Crippen LogP contribution in [0.25, 0.3) is 16.9 Å². The molecule has 2 aliphatic rings. The molecular weight excluding hydrogens is 426 g/mol. The summed E-state index contributed by atoms with van der Waals surface area (Å²) in [5, 5.41) is 0. The number of nitrogens with zero attached hydrogens (tertiary/aromatic N) is 7. The van der Waals surface area contributed by atoms with E-state index in [2.05, 4.69) is 68.6 Å². The molecule has 1 aromatic carbocycles. The smallest absolute Gasteiger partial charge is 0.249 e. The summed E-state index contributed by atoms with van der Waals surface area (Å²) in [5.74, 6) is 0.0816. The second kappa shape index (κ2) is 9.85. The van der Waals surface area contributed by atoms with E-state index in [-0.39, 0.29) is 11.9 Å². The molecule has 8 nitrogen and oxygen atoms in total. The summed E-state index contributed by atoms with van der Waals surface area (Å²) in [6.07, 6.45) is 9.31. The van der Waals surface area contributed by atoms with E-state index >= 15 is 0 Å². The minimum Gasteiger partial charge on any atom is -0.338 e. The van der Waals surface area contributed by atoms with Crippen LogP contribution in [0.5, 0.6) is 0 Å². The van der Waals surface area contributed by atoms with Crippen LogP contribution >= 0.6 is 0 Å². The van der Waals surface area contributed by atoms with Crippen LogP contribution < -0.4 is 0 Å². The van der Waals surface area contributed by atoms with Crippen molar-refractivity contribution in [3.63, 3.8) is 0 Å². The van der Waals surface area contributed by atoms with Gasteiger partial charge in [0.2, 0.25) is 5.91 Å². The number of aromatic nitrogens is 3. The van der Waals surface area contributed by atoms with Crippen LogP contribution in [0.15, 0.2) is 46.6 Å². The quantitative estimate of drug-likeness (QED) is 0.570. The van der Waals surface area contributed by atoms with Crippen LogP contribution in [0.1, 0.15) is 30.3 Å². The summed E-state index contributed by atoms with van der Waals surface area (Å²) in [4.78, 5) is 35.2. The van der Waals surface area contributed by atoms with E-state index in [9.17, 15) is 4.79 Å². The van der Waals surface area contributed by atoms with Gasteiger partial charge in [0.1, 0.15) is 6.04 Å². The minimum absolute atomic E-state index is 0.0816. The molecular formula is C26H31N7O. The highest BCUT2D eigenvalue weighted by molar-refractivity contribution is 6.17. The van der Waals surface area contributed by atoms with Gasteiger partial charge in [0, 0.05) is 56.9 Å². The molecule has 176 valence electrons. The Labute approximate surface area is 200 Å². The topological polar surface area (TPSA) is 78.5 Å². The fourth-order valence-electron chi connectivity index (χ4n) is 4.61. The Morgan fingerprint density at radius 3 is 2.59 bits per heavy atom. The highest BCUT2D eigenvalue weighted by atomic mass is 16.2. The molecule has 1 amide bonds. The molecule has 1 saturated heterocycles. The molecule has 0 bridgehead atoms. The summed E-state index contributed by atoms with van der Waals surface area (Å²) in [7, 11) is 0. The van der Waals surface area contributed by atoms with E-state index in [1.54, 1.807) is 12.4 Å². The molecule has 8 heteroatoms. The Morgan fingerprint density at radius 2 is 1.88 bits per heavy atom. The summed E-state index contributed by atoms with van der Waals surface area (Å²) in [5.41, 5.74) is 6.47. The maximum absolute atomic E-state index is 12.8. The molecule has 0 spiro atoms. The van der Waals surface area contributed by atoms with E-state index in [0.29, 0.717) is 19.6 Å². The Balaban J connectivity index is 1.38. The number of amides is 1. The number of aryl methyl sites for hydroxylation is 2. The zero-order chi connectivity index (χ0) is 23.5. The Kier molecular flexibility index (Phi) is 6.49. The van der Waals surface area contributed by atoms with Crippen LogP contribution in [-0.4, -0.2) is 81.3 Å². The van der Waals surface area contributed by atoms with Gasteiger partial charge in [-0.1, -0.05) is 43.2 Å². The number of piperazine rings is 1. The first-order chi connectivity index (χ1) is 16.6. The fourth-order valence-corrected chi connectivity index (χ4v) is 4.61. The predicted molar refractivity (Wildman–Crippen MR) is 135 cm³/mol. The number of benzene rings is 1. The fraction of sp³-hybridized carbons (Fsp3) is 0.423. The van der Waals surface area contributed by atoms with Crippen molar-refractivity contribution in [1.29, 1.82) is 0 Å². The van der Waals surface area contributed by atoms with Gasteiger partial charge in [-0.05, 0) is 13.3 Å². The van der Waals surface area contributed by atoms with E-state index < -0.39 is 0 Å². The average Bonchev–Trinajstić information content (AvgIpc) is 3.23. The maximum Gasteiger partial charge on any atom is 0.249 e. The van der Waals surface area contributed by atoms with Crippen molar-refractivity contribution in [2.24, 2.45) is 9.98 Å². The SMILES string of the molecule is CCCc1cn2c(CN3CCN(C(=O)C4CN=CC=N4)CC3)c(-c3ccc(C)cc3)nc2cn1. The lowest BCUT2D eigenvalue weighted by Gasteiger charge is -2.35. The van der Waals surface area contributed by atoms with Crippen molar-refractivity contribution in [2.75, 3.05) is 32.7 Å². The Hall–Kier alpha value is -3.39. The number of fused-ring (bicyclic) bond motifs is 1. The van der Waals surface area contributed by atoms with Crippen molar-refractivity contribution >= 4 is 24.0 Å². The molecule has 1 atom stereocenters. The molecule has 0 aliphatic carbocycles. The van der Waals surface area contributed by atoms with Gasteiger partial charge in [0.25, 0.3) is 0 Å². The lowest BCUT2D eigenvalue weighted by atomic mass is 10.1. The highest BCUT2D eigenvalue weighted by Crippen LogP contribution is 2.27. The van der Waals surface area contributed by atoms with Crippen molar-refractivity contribution in [2.45, 2.75) is 39.3 Å². The monoisotopic (exact) mass is 457 g/mol. The Bertz CT molecular complexity index is 1220. The summed E-state index contributed by atoms with van der Waals surface area (Å²) in [6, 6.07) is 8.18. The molecule has 0 radical (unpaired) electrons. The number of carbonyl (C=O) groups is 1. The number of hydrogen-bond acceptors (Lipinski definition) is 6. The van der Waals surface area contributed by atoms with Crippen LogP contribution in [0.4, 0.5) is 0 Å². The zero-order valence-corrected chi connectivity index (χ0v) is 19.9. The van der Waals surface area contributed by atoms with Gasteiger partial charge in [-0.3, -0.25) is 29.1 Å². The first-order valence-corrected chi connectivity index (χ1v) is 12.1. The second-order valence-electron chi connectivity index (χ2n) is 9.06. The highest BCUT2D eigenvalue weighted by Gasteiger charge is 2.28. The molecule has 0 N–H and O–H groups in total. The van der Waals surface area contributed by atoms with Gasteiger partial charge in [-0.15, -0.1) is 0 Å². The van der Waals surface area contributed by atoms with Gasteiger partial charge >= 0.3 is 0 Å². The van der Waals surface area contributed by atoms with Crippen molar-refractivity contribution in [3.8, 4) is 11.3 Å². The third kappa shape index (κ3) is 4.63. The Morgan fingerprint density at radius 1 is 1.09 bits per heavy atom. The summed E-state index contributed by atoms with van der Waals surface area (Å²) in [6.45, 7) is 8.53.